The fraction of sp³-hybridized carbons (Fsp3) is 0.500. The zero-order valence-electron chi connectivity index (χ0n) is 8.47. The smallest absolute Gasteiger partial charge is 0.142 e. The van der Waals surface area contributed by atoms with Gasteiger partial charge in [-0.1, -0.05) is 24.1 Å². The number of hydrogen-bond donors (Lipinski definition) is 1. The quantitative estimate of drug-likeness (QED) is 0.843. The first-order chi connectivity index (χ1) is 7.15. The molecule has 0 radical (unpaired) electrons. The van der Waals surface area contributed by atoms with Crippen molar-refractivity contribution in [2.24, 2.45) is 5.41 Å². The lowest BCUT2D eigenvalue weighted by molar-refractivity contribution is 0.0450. The van der Waals surface area contributed by atoms with Crippen molar-refractivity contribution in [2.75, 3.05) is 6.61 Å². The summed E-state index contributed by atoms with van der Waals surface area (Å²) in [4.78, 5) is 0. The number of benzene rings is 1. The summed E-state index contributed by atoms with van der Waals surface area (Å²) >= 11 is 5.61. The highest BCUT2D eigenvalue weighted by Gasteiger charge is 2.36. The normalized spacial score (nSPS) is 18.6. The third-order valence-electron chi connectivity index (χ3n) is 3.31. The van der Waals surface area contributed by atoms with Gasteiger partial charge in [-0.25, -0.2) is 4.39 Å². The van der Waals surface area contributed by atoms with E-state index in [1.165, 1.54) is 6.07 Å². The van der Waals surface area contributed by atoms with Gasteiger partial charge in [0.05, 0.1) is 5.02 Å². The number of rotatable bonds is 3. The molecule has 2 rings (SSSR count). The predicted molar refractivity (Wildman–Crippen MR) is 58.5 cm³/mol. The largest absolute Gasteiger partial charge is 0.396 e. The zero-order chi connectivity index (χ0) is 10.9. The summed E-state index contributed by atoms with van der Waals surface area (Å²) in [5.41, 5.74) is 0.922. The van der Waals surface area contributed by atoms with Crippen LogP contribution in [0.2, 0.25) is 5.02 Å². The summed E-state index contributed by atoms with van der Waals surface area (Å²) < 4.78 is 13.2. The molecule has 1 aromatic carbocycles. The van der Waals surface area contributed by atoms with Crippen LogP contribution in [-0.4, -0.2) is 11.7 Å². The van der Waals surface area contributed by atoms with Crippen molar-refractivity contribution < 1.29 is 9.50 Å². The van der Waals surface area contributed by atoms with E-state index in [9.17, 15) is 9.50 Å². The standard InChI is InChI=1S/C12H14ClFO/c13-10-3-2-9(6-11(10)14)7-12(8-15)4-1-5-12/h2-3,6,15H,1,4-5,7-8H2. The van der Waals surface area contributed by atoms with Gasteiger partial charge in [-0.05, 0) is 42.4 Å². The van der Waals surface area contributed by atoms with Crippen LogP contribution in [0, 0.1) is 11.2 Å². The fourth-order valence-corrected chi connectivity index (χ4v) is 2.27. The first-order valence-electron chi connectivity index (χ1n) is 5.20. The highest BCUT2D eigenvalue weighted by molar-refractivity contribution is 6.30. The van der Waals surface area contributed by atoms with Crippen LogP contribution in [0.25, 0.3) is 0 Å². The molecular formula is C12H14ClFO. The summed E-state index contributed by atoms with van der Waals surface area (Å²) in [5, 5.41) is 9.46. The van der Waals surface area contributed by atoms with E-state index in [0.717, 1.165) is 31.2 Å². The maximum atomic E-state index is 13.2. The molecule has 1 nitrogen and oxygen atoms in total. The molecule has 1 aromatic rings. The van der Waals surface area contributed by atoms with Gasteiger partial charge < -0.3 is 5.11 Å². The van der Waals surface area contributed by atoms with Crippen LogP contribution in [0.3, 0.4) is 0 Å². The molecule has 1 N–H and O–H groups in total. The van der Waals surface area contributed by atoms with Crippen molar-refractivity contribution in [3.05, 3.63) is 34.6 Å². The molecule has 0 atom stereocenters. The highest BCUT2D eigenvalue weighted by atomic mass is 35.5. The van der Waals surface area contributed by atoms with E-state index in [-0.39, 0.29) is 22.9 Å². The average Bonchev–Trinajstić information content (AvgIpc) is 2.17. The molecule has 0 unspecified atom stereocenters. The molecule has 1 fully saturated rings. The lowest BCUT2D eigenvalue weighted by atomic mass is 9.66. The predicted octanol–water partition coefficient (Wildman–Crippen LogP) is 3.18. The molecule has 82 valence electrons. The maximum Gasteiger partial charge on any atom is 0.142 e. The van der Waals surface area contributed by atoms with Gasteiger partial charge in [0.25, 0.3) is 0 Å². The molecule has 1 saturated carbocycles. The Morgan fingerprint density at radius 3 is 2.60 bits per heavy atom. The maximum absolute atomic E-state index is 13.2. The van der Waals surface area contributed by atoms with Crippen molar-refractivity contribution in [2.45, 2.75) is 25.7 Å². The molecule has 0 bridgehead atoms. The van der Waals surface area contributed by atoms with E-state index in [0.29, 0.717) is 0 Å². The molecular weight excluding hydrogens is 215 g/mol. The Morgan fingerprint density at radius 1 is 1.40 bits per heavy atom. The Morgan fingerprint density at radius 2 is 2.13 bits per heavy atom. The Bertz CT molecular complexity index is 355. The van der Waals surface area contributed by atoms with E-state index in [1.807, 2.05) is 6.07 Å². The third kappa shape index (κ3) is 2.16. The van der Waals surface area contributed by atoms with Crippen molar-refractivity contribution in [3.8, 4) is 0 Å². The minimum Gasteiger partial charge on any atom is -0.396 e. The molecule has 0 aromatic heterocycles. The lowest BCUT2D eigenvalue weighted by Gasteiger charge is -2.40. The molecule has 0 heterocycles. The Kier molecular flexibility index (Phi) is 2.98. The van der Waals surface area contributed by atoms with Crippen LogP contribution in [-0.2, 0) is 6.42 Å². The topological polar surface area (TPSA) is 20.2 Å². The van der Waals surface area contributed by atoms with Gasteiger partial charge >= 0.3 is 0 Å². The molecule has 0 saturated heterocycles. The van der Waals surface area contributed by atoms with Gasteiger partial charge in [-0.15, -0.1) is 0 Å². The van der Waals surface area contributed by atoms with Crippen LogP contribution in [0.5, 0.6) is 0 Å². The number of aliphatic hydroxyl groups is 1. The second-order valence-corrected chi connectivity index (χ2v) is 4.84. The molecule has 0 amide bonds. The van der Waals surface area contributed by atoms with Crippen LogP contribution in [0.1, 0.15) is 24.8 Å². The second kappa shape index (κ2) is 4.11. The van der Waals surface area contributed by atoms with Crippen LogP contribution < -0.4 is 0 Å². The molecule has 15 heavy (non-hydrogen) atoms. The monoisotopic (exact) mass is 228 g/mol. The van der Waals surface area contributed by atoms with Gasteiger partial charge in [0, 0.05) is 6.61 Å². The van der Waals surface area contributed by atoms with Crippen molar-refractivity contribution in [1.82, 2.24) is 0 Å². The number of hydrogen-bond acceptors (Lipinski definition) is 1. The van der Waals surface area contributed by atoms with E-state index < -0.39 is 0 Å². The SMILES string of the molecule is OCC1(Cc2ccc(Cl)c(F)c2)CCC1. The Labute approximate surface area is 93.9 Å². The van der Waals surface area contributed by atoms with Gasteiger partial charge in [-0.3, -0.25) is 0 Å². The molecule has 3 heteroatoms. The van der Waals surface area contributed by atoms with Gasteiger partial charge in [0.15, 0.2) is 0 Å². The number of aliphatic hydroxyl groups excluding tert-OH is 1. The summed E-state index contributed by atoms with van der Waals surface area (Å²) in [7, 11) is 0. The Balaban J connectivity index is 2.13. The molecule has 1 aliphatic rings. The second-order valence-electron chi connectivity index (χ2n) is 4.44. The number of halogens is 2. The van der Waals surface area contributed by atoms with Crippen LogP contribution in [0.15, 0.2) is 18.2 Å². The Hall–Kier alpha value is -0.600. The zero-order valence-corrected chi connectivity index (χ0v) is 9.23. The van der Waals surface area contributed by atoms with E-state index in [4.69, 9.17) is 11.6 Å². The van der Waals surface area contributed by atoms with Gasteiger partial charge in [0.1, 0.15) is 5.82 Å². The minimum atomic E-state index is -0.374. The lowest BCUT2D eigenvalue weighted by Crippen LogP contribution is -2.35. The van der Waals surface area contributed by atoms with Crippen LogP contribution in [0.4, 0.5) is 4.39 Å². The summed E-state index contributed by atoms with van der Waals surface area (Å²) in [6, 6.07) is 4.88. The van der Waals surface area contributed by atoms with Crippen molar-refractivity contribution in [3.63, 3.8) is 0 Å². The van der Waals surface area contributed by atoms with E-state index in [1.54, 1.807) is 6.07 Å². The van der Waals surface area contributed by atoms with E-state index >= 15 is 0 Å². The summed E-state index contributed by atoms with van der Waals surface area (Å²) in [6.45, 7) is 0.192. The van der Waals surface area contributed by atoms with Gasteiger partial charge in [0.2, 0.25) is 0 Å². The van der Waals surface area contributed by atoms with Crippen molar-refractivity contribution in [1.29, 1.82) is 0 Å². The molecule has 0 spiro atoms. The fourth-order valence-electron chi connectivity index (χ4n) is 2.15. The summed E-state index contributed by atoms with van der Waals surface area (Å²) in [5.74, 6) is -0.374. The first kappa shape index (κ1) is 10.9. The first-order valence-corrected chi connectivity index (χ1v) is 5.58. The van der Waals surface area contributed by atoms with Crippen molar-refractivity contribution >= 4 is 11.6 Å². The molecule has 0 aliphatic heterocycles. The minimum absolute atomic E-state index is 0.000267. The van der Waals surface area contributed by atoms with Crippen LogP contribution >= 0.6 is 11.6 Å². The highest BCUT2D eigenvalue weighted by Crippen LogP contribution is 2.43. The van der Waals surface area contributed by atoms with E-state index in [2.05, 4.69) is 0 Å². The van der Waals surface area contributed by atoms with Gasteiger partial charge in [-0.2, -0.15) is 0 Å². The third-order valence-corrected chi connectivity index (χ3v) is 3.62. The summed E-state index contributed by atoms with van der Waals surface area (Å²) in [6.07, 6.45) is 3.98. The average molecular weight is 229 g/mol. The molecule has 1 aliphatic carbocycles.